The molecule has 1 aromatic carbocycles. The zero-order valence-corrected chi connectivity index (χ0v) is 16.5. The van der Waals surface area contributed by atoms with Crippen LogP contribution in [0.5, 0.6) is 0 Å². The van der Waals surface area contributed by atoms with E-state index in [2.05, 4.69) is 25.7 Å². The number of rotatable bonds is 7. The van der Waals surface area contributed by atoms with E-state index in [0.717, 1.165) is 8.78 Å². The normalized spacial score (nSPS) is 11.9. The van der Waals surface area contributed by atoms with Crippen molar-refractivity contribution in [3.63, 3.8) is 0 Å². The second-order valence-electron chi connectivity index (χ2n) is 5.61. The van der Waals surface area contributed by atoms with Crippen molar-refractivity contribution in [2.45, 2.75) is 31.2 Å². The monoisotopic (exact) mass is 430 g/mol. The Bertz CT molecular complexity index is 830. The summed E-state index contributed by atoms with van der Waals surface area (Å²) in [6, 6.07) is 6.15. The maximum absolute atomic E-state index is 12.9. The summed E-state index contributed by atoms with van der Waals surface area (Å²) in [6.45, 7) is 3.28. The van der Waals surface area contributed by atoms with Crippen LogP contribution in [0.2, 0.25) is 0 Å². The zero-order chi connectivity index (χ0) is 18.6. The van der Waals surface area contributed by atoms with Crippen molar-refractivity contribution in [2.75, 3.05) is 13.7 Å². The van der Waals surface area contributed by atoms with Gasteiger partial charge in [-0.1, -0.05) is 29.8 Å². The summed E-state index contributed by atoms with van der Waals surface area (Å²) in [7, 11) is -2.72. The van der Waals surface area contributed by atoms with Gasteiger partial charge >= 0.3 is 5.97 Å². The number of ether oxygens (including phenoxy) is 1. The van der Waals surface area contributed by atoms with Gasteiger partial charge in [0.05, 0.1) is 24.7 Å². The van der Waals surface area contributed by atoms with Crippen molar-refractivity contribution in [3.8, 4) is 0 Å². The van der Waals surface area contributed by atoms with Crippen LogP contribution in [0.4, 0.5) is 0 Å². The molecule has 1 heterocycles. The van der Waals surface area contributed by atoms with Gasteiger partial charge in [0.25, 0.3) is 0 Å². The maximum atomic E-state index is 12.9. The highest BCUT2D eigenvalue weighted by atomic mass is 79.9. The topological polar surface area (TPSA) is 89.7 Å². The fraction of sp³-hybridized carbons (Fsp3) is 0.375. The van der Waals surface area contributed by atoms with Crippen molar-refractivity contribution < 1.29 is 22.4 Å². The van der Waals surface area contributed by atoms with E-state index in [-0.39, 0.29) is 23.2 Å². The molecule has 0 saturated carbocycles. The van der Waals surface area contributed by atoms with Gasteiger partial charge in [-0.15, -0.1) is 0 Å². The van der Waals surface area contributed by atoms with Gasteiger partial charge < -0.3 is 9.15 Å². The summed E-state index contributed by atoms with van der Waals surface area (Å²) in [4.78, 5) is 15.8. The molecule has 1 aromatic heterocycles. The van der Waals surface area contributed by atoms with Crippen LogP contribution in [0.15, 0.2) is 44.2 Å². The van der Waals surface area contributed by atoms with Crippen LogP contribution in [-0.2, 0) is 26.1 Å². The minimum Gasteiger partial charge on any atom is -0.468 e. The predicted octanol–water partition coefficient (Wildman–Crippen LogP) is 2.92. The van der Waals surface area contributed by atoms with E-state index in [9.17, 15) is 13.2 Å². The van der Waals surface area contributed by atoms with E-state index in [4.69, 9.17) is 4.42 Å². The fourth-order valence-electron chi connectivity index (χ4n) is 2.01. The molecule has 9 heteroatoms. The van der Waals surface area contributed by atoms with E-state index in [1.165, 1.54) is 19.2 Å². The number of carbonyl (C=O) groups is 1. The third-order valence-electron chi connectivity index (χ3n) is 3.44. The second-order valence-corrected chi connectivity index (χ2v) is 8.47. The van der Waals surface area contributed by atoms with Gasteiger partial charge in [0, 0.05) is 10.4 Å². The number of halogens is 1. The summed E-state index contributed by atoms with van der Waals surface area (Å²) >= 11 is 3.26. The number of hydrogen-bond acceptors (Lipinski definition) is 6. The number of sulfonamides is 1. The lowest BCUT2D eigenvalue weighted by Gasteiger charge is -2.19. The summed E-state index contributed by atoms with van der Waals surface area (Å²) in [5, 5.41) is 0. The van der Waals surface area contributed by atoms with E-state index in [0.29, 0.717) is 5.76 Å². The first kappa shape index (κ1) is 19.6. The molecule has 0 bridgehead atoms. The van der Waals surface area contributed by atoms with Crippen molar-refractivity contribution in [2.24, 2.45) is 0 Å². The Labute approximate surface area is 155 Å². The summed E-state index contributed by atoms with van der Waals surface area (Å²) < 4.78 is 37.7. The SMILES string of the molecule is COC(=O)CN(Cc1ncc(C(C)C)o1)S(=O)(=O)c1ccc(Br)cc1. The first-order valence-corrected chi connectivity index (χ1v) is 9.74. The van der Waals surface area contributed by atoms with Gasteiger partial charge in [0.15, 0.2) is 0 Å². The Morgan fingerprint density at radius 2 is 1.96 bits per heavy atom. The van der Waals surface area contributed by atoms with E-state index in [1.807, 2.05) is 13.8 Å². The van der Waals surface area contributed by atoms with Gasteiger partial charge in [-0.25, -0.2) is 13.4 Å². The van der Waals surface area contributed by atoms with Gasteiger partial charge in [-0.2, -0.15) is 4.31 Å². The number of hydrogen-bond donors (Lipinski definition) is 0. The molecule has 0 unspecified atom stereocenters. The molecular formula is C16H19BrN2O5S. The molecule has 0 radical (unpaired) electrons. The molecule has 0 amide bonds. The molecule has 0 saturated heterocycles. The number of carbonyl (C=O) groups excluding carboxylic acids is 1. The third kappa shape index (κ3) is 4.90. The van der Waals surface area contributed by atoms with Crippen LogP contribution in [0, 0.1) is 0 Å². The molecule has 0 atom stereocenters. The number of benzene rings is 1. The lowest BCUT2D eigenvalue weighted by molar-refractivity contribution is -0.140. The first-order chi connectivity index (χ1) is 11.7. The van der Waals surface area contributed by atoms with Gasteiger partial charge in [0.1, 0.15) is 12.3 Å². The number of esters is 1. The van der Waals surface area contributed by atoms with E-state index in [1.54, 1.807) is 18.3 Å². The molecule has 0 N–H and O–H groups in total. The Morgan fingerprint density at radius 3 is 2.48 bits per heavy atom. The van der Waals surface area contributed by atoms with E-state index < -0.39 is 22.5 Å². The van der Waals surface area contributed by atoms with Crippen LogP contribution in [0.3, 0.4) is 0 Å². The first-order valence-electron chi connectivity index (χ1n) is 7.51. The molecule has 136 valence electrons. The molecular weight excluding hydrogens is 412 g/mol. The van der Waals surface area contributed by atoms with Gasteiger partial charge in [-0.05, 0) is 24.3 Å². The van der Waals surface area contributed by atoms with Crippen molar-refractivity contribution >= 4 is 31.9 Å². The summed E-state index contributed by atoms with van der Waals surface area (Å²) in [5.74, 6) is 0.317. The fourth-order valence-corrected chi connectivity index (χ4v) is 3.60. The Balaban J connectivity index is 2.33. The average Bonchev–Trinajstić information content (AvgIpc) is 3.03. The smallest absolute Gasteiger partial charge is 0.321 e. The molecule has 0 fully saturated rings. The van der Waals surface area contributed by atoms with Crippen molar-refractivity contribution in [3.05, 3.63) is 46.6 Å². The molecule has 2 aromatic rings. The van der Waals surface area contributed by atoms with Crippen LogP contribution < -0.4 is 0 Å². The minimum atomic E-state index is -3.92. The van der Waals surface area contributed by atoms with Crippen LogP contribution in [-0.4, -0.2) is 37.3 Å². The van der Waals surface area contributed by atoms with Crippen LogP contribution in [0.1, 0.15) is 31.4 Å². The average molecular weight is 431 g/mol. The lowest BCUT2D eigenvalue weighted by Crippen LogP contribution is -2.35. The molecule has 0 aliphatic carbocycles. The Hall–Kier alpha value is -1.71. The van der Waals surface area contributed by atoms with Crippen LogP contribution >= 0.6 is 15.9 Å². The number of methoxy groups -OCH3 is 1. The predicted molar refractivity (Wildman–Crippen MR) is 94.3 cm³/mol. The molecule has 7 nitrogen and oxygen atoms in total. The van der Waals surface area contributed by atoms with Gasteiger partial charge in [-0.3, -0.25) is 4.79 Å². The Kier molecular flexibility index (Phi) is 6.36. The van der Waals surface area contributed by atoms with Crippen LogP contribution in [0.25, 0.3) is 0 Å². The number of oxazole rings is 1. The molecule has 2 rings (SSSR count). The van der Waals surface area contributed by atoms with Gasteiger partial charge in [0.2, 0.25) is 15.9 Å². The highest BCUT2D eigenvalue weighted by Crippen LogP contribution is 2.22. The second kappa shape index (κ2) is 8.11. The summed E-state index contributed by atoms with van der Waals surface area (Å²) in [5.41, 5.74) is 0. The van der Waals surface area contributed by atoms with Crippen molar-refractivity contribution in [1.82, 2.24) is 9.29 Å². The standard InChI is InChI=1S/C16H19BrN2O5S/c1-11(2)14-8-18-15(24-14)9-19(10-16(20)23-3)25(21,22)13-6-4-12(17)5-7-13/h4-8,11H,9-10H2,1-3H3. The number of nitrogens with zero attached hydrogens (tertiary/aromatic N) is 2. The largest absolute Gasteiger partial charge is 0.468 e. The molecule has 0 aliphatic rings. The zero-order valence-electron chi connectivity index (χ0n) is 14.1. The molecule has 25 heavy (non-hydrogen) atoms. The number of aromatic nitrogens is 1. The highest BCUT2D eigenvalue weighted by molar-refractivity contribution is 9.10. The summed E-state index contributed by atoms with van der Waals surface area (Å²) in [6.07, 6.45) is 1.56. The van der Waals surface area contributed by atoms with E-state index >= 15 is 0 Å². The van der Waals surface area contributed by atoms with Crippen molar-refractivity contribution in [1.29, 1.82) is 0 Å². The minimum absolute atomic E-state index is 0.0650. The highest BCUT2D eigenvalue weighted by Gasteiger charge is 2.29. The quantitative estimate of drug-likeness (QED) is 0.627. The third-order valence-corrected chi connectivity index (χ3v) is 5.77. The maximum Gasteiger partial charge on any atom is 0.321 e. The molecule has 0 aliphatic heterocycles. The lowest BCUT2D eigenvalue weighted by atomic mass is 10.2. The Morgan fingerprint density at radius 1 is 1.32 bits per heavy atom. The molecule has 0 spiro atoms.